The topological polar surface area (TPSA) is 132 Å². The van der Waals surface area contributed by atoms with Gasteiger partial charge in [0.05, 0.1) is 35.7 Å². The fourth-order valence-corrected chi connectivity index (χ4v) is 5.75. The van der Waals surface area contributed by atoms with Gasteiger partial charge in [-0.25, -0.2) is 23.4 Å². The number of halogens is 2. The second-order valence-electron chi connectivity index (χ2n) is 9.52. The fourth-order valence-electron chi connectivity index (χ4n) is 4.36. The predicted molar refractivity (Wildman–Crippen MR) is 172 cm³/mol. The summed E-state index contributed by atoms with van der Waals surface area (Å²) in [6.45, 7) is 7.16. The third kappa shape index (κ3) is 7.18. The van der Waals surface area contributed by atoms with E-state index >= 15 is 0 Å². The van der Waals surface area contributed by atoms with Crippen molar-refractivity contribution in [3.8, 4) is 22.8 Å². The number of nitrogens with one attached hydrogen (secondary N) is 2. The molecule has 43 heavy (non-hydrogen) atoms. The minimum Gasteiger partial charge on any atom is -0.495 e. The molecular weight excluding hydrogens is 613 g/mol. The van der Waals surface area contributed by atoms with Gasteiger partial charge >= 0.3 is 0 Å². The maximum atomic E-state index is 12.2. The lowest BCUT2D eigenvalue weighted by atomic mass is 10.0. The van der Waals surface area contributed by atoms with Crippen LogP contribution < -0.4 is 20.1 Å². The highest BCUT2D eigenvalue weighted by molar-refractivity contribution is 7.91. The van der Waals surface area contributed by atoms with E-state index in [9.17, 15) is 13.2 Å². The van der Waals surface area contributed by atoms with E-state index in [2.05, 4.69) is 22.2 Å². The highest BCUT2D eigenvalue weighted by atomic mass is 35.5. The lowest BCUT2D eigenvalue weighted by Crippen LogP contribution is -2.18. The van der Waals surface area contributed by atoms with Crippen LogP contribution in [0, 0.1) is 6.92 Å². The van der Waals surface area contributed by atoms with Crippen LogP contribution in [0.15, 0.2) is 49.2 Å². The molecule has 0 spiro atoms. The van der Waals surface area contributed by atoms with Gasteiger partial charge in [0.25, 0.3) is 0 Å². The van der Waals surface area contributed by atoms with Crippen LogP contribution in [0.3, 0.4) is 0 Å². The Morgan fingerprint density at radius 2 is 1.79 bits per heavy atom. The number of anilines is 3. The van der Waals surface area contributed by atoms with Gasteiger partial charge in [-0.05, 0) is 30.2 Å². The molecule has 0 saturated heterocycles. The Labute approximate surface area is 260 Å². The molecule has 0 fully saturated rings. The molecule has 4 rings (SSSR count). The second-order valence-corrected chi connectivity index (χ2v) is 12.7. The summed E-state index contributed by atoms with van der Waals surface area (Å²) in [4.78, 5) is 26.1. The van der Waals surface area contributed by atoms with Gasteiger partial charge in [-0.3, -0.25) is 4.79 Å². The summed E-state index contributed by atoms with van der Waals surface area (Å²) >= 11 is 13.4. The molecule has 0 aliphatic rings. The average Bonchev–Trinajstić information content (AvgIpc) is 2.99. The number of fused-ring (bicyclic) bond motifs is 1. The summed E-state index contributed by atoms with van der Waals surface area (Å²) in [5.74, 6) is 1.01. The molecule has 0 aliphatic heterocycles. The number of ether oxygens (including phenoxy) is 2. The SMILES string of the molecule is C=CC(=O)Cc1cccc(C)c1Nc1ncc2cc(-c3c(Cl)c(OC)cc(OC)c3Cl)nc(NCCS(=O)(=O)CC)c2n1. The number of nitrogens with zero attached hydrogens (tertiary/aromatic N) is 3. The molecular formula is C30H31Cl2N5O5S. The summed E-state index contributed by atoms with van der Waals surface area (Å²) in [5, 5.41) is 7.38. The Hall–Kier alpha value is -3.93. The Morgan fingerprint density at radius 1 is 1.09 bits per heavy atom. The van der Waals surface area contributed by atoms with Gasteiger partial charge in [-0.1, -0.05) is 54.9 Å². The van der Waals surface area contributed by atoms with Gasteiger partial charge in [-0.2, -0.15) is 0 Å². The van der Waals surface area contributed by atoms with Crippen LogP contribution in [-0.4, -0.2) is 61.4 Å². The number of para-hydroxylation sites is 1. The van der Waals surface area contributed by atoms with E-state index in [1.165, 1.54) is 20.3 Å². The number of methoxy groups -OCH3 is 2. The van der Waals surface area contributed by atoms with Gasteiger partial charge in [-0.15, -0.1) is 0 Å². The number of aryl methyl sites for hydroxylation is 1. The molecule has 2 aromatic heterocycles. The molecule has 0 atom stereocenters. The summed E-state index contributed by atoms with van der Waals surface area (Å²) in [6.07, 6.45) is 3.06. The number of carbonyl (C=O) groups excluding carboxylic acids is 1. The summed E-state index contributed by atoms with van der Waals surface area (Å²) in [5.41, 5.74) is 3.52. The van der Waals surface area contributed by atoms with E-state index in [0.717, 1.165) is 11.1 Å². The largest absolute Gasteiger partial charge is 0.495 e. The highest BCUT2D eigenvalue weighted by Crippen LogP contribution is 2.46. The molecule has 0 radical (unpaired) electrons. The van der Waals surface area contributed by atoms with Crippen LogP contribution in [0.2, 0.25) is 10.0 Å². The molecule has 226 valence electrons. The summed E-state index contributed by atoms with van der Waals surface area (Å²) in [7, 11) is -0.302. The van der Waals surface area contributed by atoms with Crippen molar-refractivity contribution in [3.05, 3.63) is 70.4 Å². The number of aromatic nitrogens is 3. The lowest BCUT2D eigenvalue weighted by Gasteiger charge is -2.17. The number of hydrogen-bond donors (Lipinski definition) is 2. The van der Waals surface area contributed by atoms with Crippen molar-refractivity contribution >= 4 is 67.2 Å². The van der Waals surface area contributed by atoms with E-state index in [0.29, 0.717) is 45.2 Å². The van der Waals surface area contributed by atoms with E-state index in [1.54, 1.807) is 25.3 Å². The van der Waals surface area contributed by atoms with Crippen LogP contribution >= 0.6 is 23.2 Å². The number of ketones is 1. The van der Waals surface area contributed by atoms with E-state index in [-0.39, 0.29) is 46.2 Å². The smallest absolute Gasteiger partial charge is 0.227 e. The van der Waals surface area contributed by atoms with Gasteiger partial charge in [0.1, 0.15) is 17.0 Å². The van der Waals surface area contributed by atoms with Crippen molar-refractivity contribution in [3.63, 3.8) is 0 Å². The standard InChI is InChI=1S/C30H31Cl2N5O5S/c1-6-20(38)13-18-10-8-9-17(3)27(18)36-30-34-16-19-14-21(24-25(31)22(41-4)15-23(42-5)26(24)32)35-29(28(19)37-30)33-11-12-43(39,40)7-2/h6,8-10,14-16H,1,7,11-13H2,2-5H3,(H,33,35)(H,34,36,37). The van der Waals surface area contributed by atoms with Gasteiger partial charge in [0, 0.05) is 47.6 Å². The van der Waals surface area contributed by atoms with Gasteiger partial charge in [0.2, 0.25) is 5.95 Å². The maximum absolute atomic E-state index is 12.2. The zero-order valence-corrected chi connectivity index (χ0v) is 26.5. The molecule has 4 aromatic rings. The van der Waals surface area contributed by atoms with E-state index in [1.807, 2.05) is 25.1 Å². The van der Waals surface area contributed by atoms with Crippen molar-refractivity contribution in [1.82, 2.24) is 15.0 Å². The van der Waals surface area contributed by atoms with Crippen molar-refractivity contribution in [2.75, 3.05) is 42.9 Å². The van der Waals surface area contributed by atoms with Crippen LogP contribution in [-0.2, 0) is 21.1 Å². The predicted octanol–water partition coefficient (Wildman–Crippen LogP) is 6.21. The molecule has 2 N–H and O–H groups in total. The lowest BCUT2D eigenvalue weighted by molar-refractivity contribution is -0.114. The van der Waals surface area contributed by atoms with E-state index < -0.39 is 9.84 Å². The Morgan fingerprint density at radius 3 is 2.42 bits per heavy atom. The maximum Gasteiger partial charge on any atom is 0.227 e. The van der Waals surface area contributed by atoms with Crippen molar-refractivity contribution in [2.45, 2.75) is 20.3 Å². The number of pyridine rings is 1. The number of allylic oxidation sites excluding steroid dienone is 1. The van der Waals surface area contributed by atoms with Crippen molar-refractivity contribution < 1.29 is 22.7 Å². The second kappa shape index (κ2) is 13.6. The molecule has 0 bridgehead atoms. The zero-order valence-electron chi connectivity index (χ0n) is 24.1. The first-order chi connectivity index (χ1) is 20.5. The first-order valence-corrected chi connectivity index (χ1v) is 15.8. The van der Waals surface area contributed by atoms with Gasteiger partial charge < -0.3 is 20.1 Å². The number of hydrogen-bond acceptors (Lipinski definition) is 10. The molecule has 2 heterocycles. The molecule has 10 nitrogen and oxygen atoms in total. The molecule has 13 heteroatoms. The van der Waals surface area contributed by atoms with Crippen molar-refractivity contribution in [2.24, 2.45) is 0 Å². The van der Waals surface area contributed by atoms with Crippen LogP contribution in [0.1, 0.15) is 18.1 Å². The molecule has 0 unspecified atom stereocenters. The quantitative estimate of drug-likeness (QED) is 0.162. The monoisotopic (exact) mass is 643 g/mol. The van der Waals surface area contributed by atoms with Crippen LogP contribution in [0.4, 0.5) is 17.5 Å². The Balaban J connectivity index is 1.85. The van der Waals surface area contributed by atoms with Crippen molar-refractivity contribution in [1.29, 1.82) is 0 Å². The number of rotatable bonds is 13. The fraction of sp³-hybridized carbons (Fsp3) is 0.267. The van der Waals surface area contributed by atoms with Crippen LogP contribution in [0.5, 0.6) is 11.5 Å². The zero-order chi connectivity index (χ0) is 31.3. The first kappa shape index (κ1) is 32.0. The summed E-state index contributed by atoms with van der Waals surface area (Å²) in [6, 6.07) is 8.93. The van der Waals surface area contributed by atoms with Gasteiger partial charge in [0.15, 0.2) is 21.4 Å². The Bertz CT molecular complexity index is 1790. The summed E-state index contributed by atoms with van der Waals surface area (Å²) < 4.78 is 35.2. The van der Waals surface area contributed by atoms with E-state index in [4.69, 9.17) is 42.6 Å². The first-order valence-electron chi connectivity index (χ1n) is 13.2. The number of sulfone groups is 1. The third-order valence-corrected chi connectivity index (χ3v) is 9.19. The number of carbonyl (C=O) groups is 1. The molecule has 0 aliphatic carbocycles. The third-order valence-electron chi connectivity index (χ3n) is 6.73. The normalized spacial score (nSPS) is 11.3. The average molecular weight is 645 g/mol. The minimum absolute atomic E-state index is 0.0150. The van der Waals surface area contributed by atoms with Crippen LogP contribution in [0.25, 0.3) is 22.2 Å². The highest BCUT2D eigenvalue weighted by Gasteiger charge is 2.22. The molecule has 2 aromatic carbocycles. The molecule has 0 saturated carbocycles. The number of benzene rings is 2. The Kier molecular flexibility index (Phi) is 10.1. The molecule has 0 amide bonds. The minimum atomic E-state index is -3.25.